The van der Waals surface area contributed by atoms with Gasteiger partial charge >= 0.3 is 0 Å². The van der Waals surface area contributed by atoms with E-state index >= 15 is 0 Å². The molecule has 3 heteroatoms. The minimum absolute atomic E-state index is 0.0112. The number of piperazine rings is 1. The second kappa shape index (κ2) is 7.77. The lowest BCUT2D eigenvalue weighted by molar-refractivity contribution is -0.00768. The molecule has 0 amide bonds. The molecular formula is C17H36N2O. The highest BCUT2D eigenvalue weighted by atomic mass is 16.5. The predicted molar refractivity (Wildman–Crippen MR) is 87.3 cm³/mol. The van der Waals surface area contributed by atoms with E-state index in [9.17, 15) is 0 Å². The van der Waals surface area contributed by atoms with Crippen molar-refractivity contribution in [2.45, 2.75) is 83.9 Å². The number of rotatable bonds is 8. The number of hydrogen-bond donors (Lipinski definition) is 1. The highest BCUT2D eigenvalue weighted by molar-refractivity contribution is 4.96. The van der Waals surface area contributed by atoms with Crippen molar-refractivity contribution >= 4 is 0 Å². The molecule has 1 aliphatic rings. The van der Waals surface area contributed by atoms with E-state index in [1.165, 1.54) is 32.2 Å². The van der Waals surface area contributed by atoms with Gasteiger partial charge in [-0.1, -0.05) is 27.2 Å². The van der Waals surface area contributed by atoms with E-state index in [0.29, 0.717) is 11.6 Å². The van der Waals surface area contributed by atoms with Crippen LogP contribution >= 0.6 is 0 Å². The third kappa shape index (κ3) is 4.71. The molecule has 1 heterocycles. The highest BCUT2D eigenvalue weighted by Crippen LogP contribution is 2.26. The van der Waals surface area contributed by atoms with Crippen molar-refractivity contribution < 1.29 is 4.74 Å². The van der Waals surface area contributed by atoms with Crippen LogP contribution in [0.15, 0.2) is 0 Å². The maximum Gasteiger partial charge on any atom is 0.0634 e. The van der Waals surface area contributed by atoms with Gasteiger partial charge in [0.1, 0.15) is 0 Å². The van der Waals surface area contributed by atoms with Crippen LogP contribution in [0.2, 0.25) is 0 Å². The zero-order valence-electron chi connectivity index (χ0n) is 14.6. The molecule has 3 nitrogen and oxygen atoms in total. The maximum absolute atomic E-state index is 5.59. The second-order valence-corrected chi connectivity index (χ2v) is 7.00. The topological polar surface area (TPSA) is 24.5 Å². The monoisotopic (exact) mass is 284 g/mol. The lowest BCUT2D eigenvalue weighted by atomic mass is 9.87. The number of nitrogens with one attached hydrogen (secondary N) is 1. The first kappa shape index (κ1) is 17.9. The molecule has 1 fully saturated rings. The molecule has 120 valence electrons. The fourth-order valence-electron chi connectivity index (χ4n) is 3.16. The fraction of sp³-hybridized carbons (Fsp3) is 1.00. The number of ether oxygens (including phenoxy) is 1. The Kier molecular flexibility index (Phi) is 6.96. The molecule has 0 aromatic heterocycles. The van der Waals surface area contributed by atoms with Gasteiger partial charge in [0.15, 0.2) is 0 Å². The third-order valence-corrected chi connectivity index (χ3v) is 5.26. The van der Waals surface area contributed by atoms with Crippen molar-refractivity contribution in [3.8, 4) is 0 Å². The molecule has 0 bridgehead atoms. The number of hydrogen-bond acceptors (Lipinski definition) is 3. The first-order valence-corrected chi connectivity index (χ1v) is 8.46. The molecule has 0 saturated carbocycles. The van der Waals surface area contributed by atoms with Gasteiger partial charge in [-0.05, 0) is 39.5 Å². The Hall–Kier alpha value is -0.120. The quantitative estimate of drug-likeness (QED) is 0.739. The van der Waals surface area contributed by atoms with Crippen LogP contribution in [0.4, 0.5) is 0 Å². The van der Waals surface area contributed by atoms with Crippen LogP contribution in [0, 0.1) is 0 Å². The molecule has 0 radical (unpaired) electrons. The second-order valence-electron chi connectivity index (χ2n) is 7.00. The van der Waals surface area contributed by atoms with Gasteiger partial charge in [-0.2, -0.15) is 0 Å². The maximum atomic E-state index is 5.59. The van der Waals surface area contributed by atoms with Gasteiger partial charge in [-0.25, -0.2) is 0 Å². The van der Waals surface area contributed by atoms with E-state index in [1.807, 2.05) is 7.11 Å². The summed E-state index contributed by atoms with van der Waals surface area (Å²) in [5, 5.41) is 3.84. The molecule has 1 rings (SSSR count). The molecular weight excluding hydrogens is 248 g/mol. The van der Waals surface area contributed by atoms with Crippen LogP contribution in [0.5, 0.6) is 0 Å². The molecule has 0 aromatic carbocycles. The standard InChI is InChI=1S/C17H36N2O/c1-7-10-15-13-18-17(8-2,9-3)14-19(15)12-11-16(4,5)20-6/h15,18H,7-14H2,1-6H3. The molecule has 0 aromatic rings. The summed E-state index contributed by atoms with van der Waals surface area (Å²) in [5.74, 6) is 0. The minimum atomic E-state index is -0.0112. The van der Waals surface area contributed by atoms with Gasteiger partial charge in [0.25, 0.3) is 0 Å². The largest absolute Gasteiger partial charge is 0.379 e. The molecule has 1 aliphatic heterocycles. The van der Waals surface area contributed by atoms with E-state index in [4.69, 9.17) is 4.74 Å². The molecule has 1 atom stereocenters. The summed E-state index contributed by atoms with van der Waals surface area (Å²) in [6.45, 7) is 14.8. The van der Waals surface area contributed by atoms with E-state index < -0.39 is 0 Å². The Morgan fingerprint density at radius 2 is 1.90 bits per heavy atom. The summed E-state index contributed by atoms with van der Waals surface area (Å²) in [4.78, 5) is 2.72. The van der Waals surface area contributed by atoms with Gasteiger partial charge < -0.3 is 10.1 Å². The van der Waals surface area contributed by atoms with Gasteiger partial charge in [0.2, 0.25) is 0 Å². The third-order valence-electron chi connectivity index (χ3n) is 5.26. The van der Waals surface area contributed by atoms with Crippen molar-refractivity contribution in [2.24, 2.45) is 0 Å². The van der Waals surface area contributed by atoms with Crippen molar-refractivity contribution in [1.29, 1.82) is 0 Å². The Balaban J connectivity index is 2.68. The molecule has 0 aliphatic carbocycles. The van der Waals surface area contributed by atoms with E-state index in [-0.39, 0.29) is 5.60 Å². The number of nitrogens with zero attached hydrogens (tertiary/aromatic N) is 1. The Morgan fingerprint density at radius 1 is 1.25 bits per heavy atom. The summed E-state index contributed by atoms with van der Waals surface area (Å²) < 4.78 is 5.59. The summed E-state index contributed by atoms with van der Waals surface area (Å²) in [6.07, 6.45) is 6.10. The lowest BCUT2D eigenvalue weighted by Gasteiger charge is -2.48. The number of methoxy groups -OCH3 is 1. The Labute approximate surface area is 126 Å². The van der Waals surface area contributed by atoms with E-state index in [0.717, 1.165) is 19.5 Å². The van der Waals surface area contributed by atoms with Gasteiger partial charge in [-0.15, -0.1) is 0 Å². The van der Waals surface area contributed by atoms with E-state index in [2.05, 4.69) is 44.8 Å². The van der Waals surface area contributed by atoms with Crippen molar-refractivity contribution in [3.05, 3.63) is 0 Å². The van der Waals surface area contributed by atoms with Crippen LogP contribution in [0.25, 0.3) is 0 Å². The first-order chi connectivity index (χ1) is 9.42. The summed E-state index contributed by atoms with van der Waals surface area (Å²) in [5.41, 5.74) is 0.310. The molecule has 1 saturated heterocycles. The lowest BCUT2D eigenvalue weighted by Crippen LogP contribution is -2.64. The average Bonchev–Trinajstić information content (AvgIpc) is 2.47. The van der Waals surface area contributed by atoms with Gasteiger partial charge in [-0.3, -0.25) is 4.90 Å². The zero-order valence-corrected chi connectivity index (χ0v) is 14.6. The van der Waals surface area contributed by atoms with Crippen LogP contribution in [0.1, 0.15) is 66.7 Å². The van der Waals surface area contributed by atoms with Crippen LogP contribution < -0.4 is 5.32 Å². The normalized spacial score (nSPS) is 24.0. The molecule has 1 N–H and O–H groups in total. The predicted octanol–water partition coefficient (Wildman–Crippen LogP) is 3.43. The van der Waals surface area contributed by atoms with Crippen LogP contribution in [-0.4, -0.2) is 48.8 Å². The van der Waals surface area contributed by atoms with Crippen molar-refractivity contribution in [2.75, 3.05) is 26.7 Å². The highest BCUT2D eigenvalue weighted by Gasteiger charge is 2.36. The smallest absolute Gasteiger partial charge is 0.0634 e. The summed E-state index contributed by atoms with van der Waals surface area (Å²) >= 11 is 0. The van der Waals surface area contributed by atoms with E-state index in [1.54, 1.807) is 0 Å². The summed E-state index contributed by atoms with van der Waals surface area (Å²) in [6, 6.07) is 0.693. The minimum Gasteiger partial charge on any atom is -0.379 e. The van der Waals surface area contributed by atoms with Gasteiger partial charge in [0.05, 0.1) is 5.60 Å². The van der Waals surface area contributed by atoms with Crippen LogP contribution in [0.3, 0.4) is 0 Å². The summed E-state index contributed by atoms with van der Waals surface area (Å²) in [7, 11) is 1.82. The molecule has 0 spiro atoms. The zero-order chi connectivity index (χ0) is 15.2. The van der Waals surface area contributed by atoms with Crippen LogP contribution in [-0.2, 0) is 4.74 Å². The van der Waals surface area contributed by atoms with Gasteiger partial charge in [0, 0.05) is 38.3 Å². The SMILES string of the molecule is CCCC1CNC(CC)(CC)CN1CCC(C)(C)OC. The van der Waals surface area contributed by atoms with Crippen molar-refractivity contribution in [3.63, 3.8) is 0 Å². The molecule has 20 heavy (non-hydrogen) atoms. The van der Waals surface area contributed by atoms with Crippen molar-refractivity contribution in [1.82, 2.24) is 10.2 Å². The molecule has 1 unspecified atom stereocenters. The Morgan fingerprint density at radius 3 is 2.40 bits per heavy atom. The first-order valence-electron chi connectivity index (χ1n) is 8.46. The fourth-order valence-corrected chi connectivity index (χ4v) is 3.16. The average molecular weight is 284 g/mol. The Bertz CT molecular complexity index is 274.